The van der Waals surface area contributed by atoms with Gasteiger partial charge >= 0.3 is 0 Å². The number of nitrogens with zero attached hydrogens (tertiary/aromatic N) is 2. The first kappa shape index (κ1) is 11.6. The van der Waals surface area contributed by atoms with E-state index in [1.165, 1.54) is 22.3 Å². The first-order valence-electron chi connectivity index (χ1n) is 5.78. The summed E-state index contributed by atoms with van der Waals surface area (Å²) in [6.07, 6.45) is 2.50. The topological polar surface area (TPSA) is 25.8 Å². The van der Waals surface area contributed by atoms with Crippen molar-refractivity contribution in [1.82, 2.24) is 9.97 Å². The monoisotopic (exact) mass is 274 g/mol. The van der Waals surface area contributed by atoms with Gasteiger partial charge < -0.3 is 0 Å². The van der Waals surface area contributed by atoms with Crippen LogP contribution >= 0.6 is 22.9 Å². The van der Waals surface area contributed by atoms with E-state index in [1.807, 2.05) is 18.2 Å². The Hall–Kier alpha value is -1.45. The fourth-order valence-electron chi connectivity index (χ4n) is 2.10. The Bertz CT molecular complexity index is 692. The largest absolute Gasteiger partial charge is 0.225 e. The maximum Gasteiger partial charge on any atom is 0.141 e. The molecule has 0 aliphatic rings. The fraction of sp³-hybridized carbons (Fsp3) is 0.143. The molecule has 18 heavy (non-hydrogen) atoms. The highest BCUT2D eigenvalue weighted by atomic mass is 35.5. The molecule has 3 rings (SSSR count). The van der Waals surface area contributed by atoms with Crippen LogP contribution in [0.15, 0.2) is 36.7 Å². The third-order valence-electron chi connectivity index (χ3n) is 2.90. The minimum Gasteiger partial charge on any atom is -0.225 e. The number of aryl methyl sites for hydroxylation is 1. The minimum absolute atomic E-state index is 0.537. The van der Waals surface area contributed by atoms with Gasteiger partial charge in [0.05, 0.1) is 5.39 Å². The lowest BCUT2D eigenvalue weighted by Gasteiger charge is -2.03. The fourth-order valence-corrected chi connectivity index (χ4v) is 3.49. The molecular weight excluding hydrogens is 264 g/mol. The molecule has 4 heteroatoms. The summed E-state index contributed by atoms with van der Waals surface area (Å²) in [6.45, 7) is 2.15. The number of hydrogen-bond acceptors (Lipinski definition) is 3. The van der Waals surface area contributed by atoms with E-state index in [-0.39, 0.29) is 0 Å². The lowest BCUT2D eigenvalue weighted by atomic mass is 10.0. The second-order valence-corrected chi connectivity index (χ2v) is 5.41. The predicted octanol–water partition coefficient (Wildman–Crippen LogP) is 4.57. The lowest BCUT2D eigenvalue weighted by Crippen LogP contribution is -1.84. The molecule has 3 aromatic rings. The van der Waals surface area contributed by atoms with Crippen molar-refractivity contribution in [2.75, 3.05) is 0 Å². The Morgan fingerprint density at radius 1 is 1.17 bits per heavy atom. The standard InChI is InChI=1S/C14H11ClN2S/c1-2-10-11(9-6-4-3-5-7-9)12-13(15)16-8-17-14(12)18-10/h3-8H,2H2,1H3. The second kappa shape index (κ2) is 4.67. The SMILES string of the molecule is CCc1sc2ncnc(Cl)c2c1-c1ccccc1. The average molecular weight is 275 g/mol. The van der Waals surface area contributed by atoms with Gasteiger partial charge in [0, 0.05) is 10.4 Å². The first-order valence-corrected chi connectivity index (χ1v) is 6.98. The molecule has 0 saturated heterocycles. The second-order valence-electron chi connectivity index (χ2n) is 3.96. The lowest BCUT2D eigenvalue weighted by molar-refractivity contribution is 1.19. The Balaban J connectivity index is 2.39. The summed E-state index contributed by atoms with van der Waals surface area (Å²) in [5.41, 5.74) is 2.36. The van der Waals surface area contributed by atoms with Gasteiger partial charge in [-0.2, -0.15) is 0 Å². The van der Waals surface area contributed by atoms with Crippen molar-refractivity contribution in [3.05, 3.63) is 46.7 Å². The van der Waals surface area contributed by atoms with Gasteiger partial charge in [-0.15, -0.1) is 11.3 Å². The summed E-state index contributed by atoms with van der Waals surface area (Å²) < 4.78 is 0. The molecule has 0 atom stereocenters. The molecule has 0 radical (unpaired) electrons. The van der Waals surface area contributed by atoms with Crippen LogP contribution < -0.4 is 0 Å². The molecule has 1 aromatic carbocycles. The van der Waals surface area contributed by atoms with Crippen LogP contribution in [0.25, 0.3) is 21.3 Å². The molecule has 0 fully saturated rings. The smallest absolute Gasteiger partial charge is 0.141 e. The normalized spacial score (nSPS) is 11.0. The van der Waals surface area contributed by atoms with Gasteiger partial charge in [0.1, 0.15) is 16.3 Å². The van der Waals surface area contributed by atoms with Gasteiger partial charge in [-0.3, -0.25) is 0 Å². The van der Waals surface area contributed by atoms with Gasteiger partial charge in [-0.25, -0.2) is 9.97 Å². The molecule has 2 heterocycles. The molecule has 0 saturated carbocycles. The van der Waals surface area contributed by atoms with E-state index in [4.69, 9.17) is 11.6 Å². The van der Waals surface area contributed by atoms with Crippen molar-refractivity contribution in [2.45, 2.75) is 13.3 Å². The average Bonchev–Trinajstić information content (AvgIpc) is 2.79. The van der Waals surface area contributed by atoms with Crippen LogP contribution in [0.5, 0.6) is 0 Å². The molecule has 0 bridgehead atoms. The number of halogens is 1. The Labute approximate surface area is 114 Å². The molecule has 0 unspecified atom stereocenters. The highest BCUT2D eigenvalue weighted by Crippen LogP contribution is 2.40. The minimum atomic E-state index is 0.537. The molecule has 0 aliphatic carbocycles. The summed E-state index contributed by atoms with van der Waals surface area (Å²) in [4.78, 5) is 10.7. The molecule has 0 aliphatic heterocycles. The molecule has 2 nitrogen and oxygen atoms in total. The van der Waals surface area contributed by atoms with E-state index in [0.29, 0.717) is 5.15 Å². The van der Waals surface area contributed by atoms with Crippen molar-refractivity contribution in [2.24, 2.45) is 0 Å². The number of thiophene rings is 1. The Morgan fingerprint density at radius 2 is 1.94 bits per heavy atom. The summed E-state index contributed by atoms with van der Waals surface area (Å²) in [5.74, 6) is 0. The zero-order valence-corrected chi connectivity index (χ0v) is 11.4. The van der Waals surface area contributed by atoms with E-state index in [1.54, 1.807) is 11.3 Å². The molecule has 0 spiro atoms. The predicted molar refractivity (Wildman–Crippen MR) is 77.2 cm³/mol. The van der Waals surface area contributed by atoms with Crippen molar-refractivity contribution in [1.29, 1.82) is 0 Å². The number of aromatic nitrogens is 2. The highest BCUT2D eigenvalue weighted by molar-refractivity contribution is 7.19. The number of rotatable bonds is 2. The summed E-state index contributed by atoms with van der Waals surface area (Å²) in [6, 6.07) is 10.3. The maximum absolute atomic E-state index is 6.24. The first-order chi connectivity index (χ1) is 8.81. The Kier molecular flexibility index (Phi) is 3.02. The molecular formula is C14H11ClN2S. The van der Waals surface area contributed by atoms with E-state index in [9.17, 15) is 0 Å². The van der Waals surface area contributed by atoms with E-state index in [2.05, 4.69) is 29.0 Å². The van der Waals surface area contributed by atoms with Crippen molar-refractivity contribution in [3.63, 3.8) is 0 Å². The van der Waals surface area contributed by atoms with E-state index in [0.717, 1.165) is 16.6 Å². The quantitative estimate of drug-likeness (QED) is 0.640. The molecule has 0 N–H and O–H groups in total. The van der Waals surface area contributed by atoms with Crippen molar-refractivity contribution < 1.29 is 0 Å². The van der Waals surface area contributed by atoms with Crippen molar-refractivity contribution >= 4 is 33.2 Å². The van der Waals surface area contributed by atoms with Crippen molar-refractivity contribution in [3.8, 4) is 11.1 Å². The van der Waals surface area contributed by atoms with Crippen LogP contribution in [0.3, 0.4) is 0 Å². The zero-order valence-electron chi connectivity index (χ0n) is 9.85. The van der Waals surface area contributed by atoms with Crippen LogP contribution in [0.2, 0.25) is 5.15 Å². The Morgan fingerprint density at radius 3 is 2.67 bits per heavy atom. The van der Waals surface area contributed by atoms with E-state index >= 15 is 0 Å². The van der Waals surface area contributed by atoms with Crippen LogP contribution in [0.1, 0.15) is 11.8 Å². The summed E-state index contributed by atoms with van der Waals surface area (Å²) >= 11 is 7.94. The van der Waals surface area contributed by atoms with Crippen LogP contribution in [0, 0.1) is 0 Å². The van der Waals surface area contributed by atoms with Gasteiger partial charge in [0.2, 0.25) is 0 Å². The van der Waals surface area contributed by atoms with Gasteiger partial charge in [-0.05, 0) is 12.0 Å². The van der Waals surface area contributed by atoms with Gasteiger partial charge in [0.15, 0.2) is 0 Å². The van der Waals surface area contributed by atoms with E-state index < -0.39 is 0 Å². The van der Waals surface area contributed by atoms with Gasteiger partial charge in [-0.1, -0.05) is 48.9 Å². The highest BCUT2D eigenvalue weighted by Gasteiger charge is 2.16. The van der Waals surface area contributed by atoms with Gasteiger partial charge in [0.25, 0.3) is 0 Å². The summed E-state index contributed by atoms with van der Waals surface area (Å²) in [5, 5.41) is 1.52. The third-order valence-corrected chi connectivity index (χ3v) is 4.43. The zero-order chi connectivity index (χ0) is 12.5. The maximum atomic E-state index is 6.24. The third kappa shape index (κ3) is 1.80. The summed E-state index contributed by atoms with van der Waals surface area (Å²) in [7, 11) is 0. The number of fused-ring (bicyclic) bond motifs is 1. The van der Waals surface area contributed by atoms with Crippen LogP contribution in [-0.2, 0) is 6.42 Å². The molecule has 90 valence electrons. The molecule has 2 aromatic heterocycles. The number of benzene rings is 1. The molecule has 0 amide bonds. The van der Waals surface area contributed by atoms with Crippen LogP contribution in [-0.4, -0.2) is 9.97 Å². The van der Waals surface area contributed by atoms with Crippen LogP contribution in [0.4, 0.5) is 0 Å². The number of hydrogen-bond donors (Lipinski definition) is 0.